The second-order valence-electron chi connectivity index (χ2n) is 7.39. The summed E-state index contributed by atoms with van der Waals surface area (Å²) in [7, 11) is 0. The second kappa shape index (κ2) is 8.89. The van der Waals surface area contributed by atoms with Gasteiger partial charge in [-0.3, -0.25) is 19.4 Å². The van der Waals surface area contributed by atoms with Crippen molar-refractivity contribution in [3.05, 3.63) is 23.3 Å². The Hall–Kier alpha value is -1.84. The number of carbonyl (C=O) groups excluding carboxylic acids is 2. The van der Waals surface area contributed by atoms with Crippen molar-refractivity contribution >= 4 is 40.1 Å². The molecule has 3 aliphatic rings. The van der Waals surface area contributed by atoms with Crippen molar-refractivity contribution in [2.24, 2.45) is 0 Å². The van der Waals surface area contributed by atoms with E-state index in [0.717, 1.165) is 30.9 Å². The van der Waals surface area contributed by atoms with Gasteiger partial charge in [0.2, 0.25) is 11.8 Å². The monoisotopic (exact) mass is 435 g/mol. The van der Waals surface area contributed by atoms with Gasteiger partial charge in [0, 0.05) is 32.1 Å². The maximum atomic E-state index is 12.4. The number of rotatable bonds is 5. The Morgan fingerprint density at radius 2 is 2.07 bits per heavy atom. The van der Waals surface area contributed by atoms with Crippen molar-refractivity contribution in [3.63, 3.8) is 0 Å². The molecule has 0 aromatic heterocycles. The second-order valence-corrected chi connectivity index (χ2v) is 9.00. The van der Waals surface area contributed by atoms with E-state index in [-0.39, 0.29) is 17.9 Å². The molecule has 0 radical (unpaired) electrons. The van der Waals surface area contributed by atoms with Gasteiger partial charge < -0.3 is 14.8 Å². The van der Waals surface area contributed by atoms with E-state index in [0.29, 0.717) is 42.9 Å². The molecular formula is C20H25N3O4S2. The maximum absolute atomic E-state index is 12.4. The van der Waals surface area contributed by atoms with Crippen LogP contribution in [-0.4, -0.2) is 71.1 Å². The first-order valence-electron chi connectivity index (χ1n) is 9.93. The molecule has 1 atom stereocenters. The molecule has 3 aliphatic heterocycles. The molecule has 1 N–H and O–H groups in total. The molecule has 2 amide bonds. The van der Waals surface area contributed by atoms with E-state index < -0.39 is 0 Å². The predicted molar refractivity (Wildman–Crippen MR) is 116 cm³/mol. The first kappa shape index (κ1) is 20.4. The summed E-state index contributed by atoms with van der Waals surface area (Å²) in [6.07, 6.45) is 1.75. The van der Waals surface area contributed by atoms with Crippen LogP contribution in [-0.2, 0) is 16.0 Å². The highest BCUT2D eigenvalue weighted by Gasteiger charge is 2.29. The summed E-state index contributed by atoms with van der Waals surface area (Å²) < 4.78 is 12.2. The average Bonchev–Trinajstić information content (AvgIpc) is 2.90. The van der Waals surface area contributed by atoms with Crippen molar-refractivity contribution in [1.82, 2.24) is 15.1 Å². The van der Waals surface area contributed by atoms with Crippen molar-refractivity contribution in [2.75, 3.05) is 45.1 Å². The summed E-state index contributed by atoms with van der Waals surface area (Å²) in [5, 5.41) is 2.91. The Morgan fingerprint density at radius 3 is 2.79 bits per heavy atom. The molecule has 9 heteroatoms. The Labute approximate surface area is 180 Å². The van der Waals surface area contributed by atoms with Gasteiger partial charge in [-0.2, -0.15) is 0 Å². The highest BCUT2D eigenvalue weighted by atomic mass is 32.2. The number of fused-ring (bicyclic) bond motifs is 2. The molecule has 29 heavy (non-hydrogen) atoms. The van der Waals surface area contributed by atoms with Crippen molar-refractivity contribution in [2.45, 2.75) is 25.8 Å². The summed E-state index contributed by atoms with van der Waals surface area (Å²) >= 11 is 6.53. The molecule has 0 bridgehead atoms. The minimum absolute atomic E-state index is 0.0147. The molecule has 3 heterocycles. The number of benzene rings is 1. The highest BCUT2D eigenvalue weighted by Crippen LogP contribution is 2.38. The van der Waals surface area contributed by atoms with Gasteiger partial charge in [-0.1, -0.05) is 24.0 Å². The van der Waals surface area contributed by atoms with Gasteiger partial charge in [-0.15, -0.1) is 0 Å². The third-order valence-electron chi connectivity index (χ3n) is 5.52. The summed E-state index contributed by atoms with van der Waals surface area (Å²) in [5.74, 6) is 1.99. The van der Waals surface area contributed by atoms with Crippen molar-refractivity contribution in [3.8, 4) is 11.5 Å². The largest absolute Gasteiger partial charge is 0.490 e. The minimum atomic E-state index is -0.0418. The van der Waals surface area contributed by atoms with Crippen LogP contribution in [0.25, 0.3) is 0 Å². The highest BCUT2D eigenvalue weighted by molar-refractivity contribution is 8.23. The molecule has 0 saturated carbocycles. The standard InChI is InChI=1S/C20H25N3O4S2/c1-13-15-10-17-16(26-7-2-8-27-17)9-14(15)3-5-22(13)11-18(24)21-4-6-23-19(25)12-29-20(23)28/h9-10,13H,2-8,11-12H2,1H3,(H,21,24)/t13-/m0/s1. The molecule has 0 spiro atoms. The van der Waals surface area contributed by atoms with Gasteiger partial charge in [-0.25, -0.2) is 0 Å². The topological polar surface area (TPSA) is 71.1 Å². The Balaban J connectivity index is 1.33. The number of nitrogens with zero attached hydrogens (tertiary/aromatic N) is 2. The third-order valence-corrected chi connectivity index (χ3v) is 6.95. The zero-order valence-electron chi connectivity index (χ0n) is 16.4. The minimum Gasteiger partial charge on any atom is -0.490 e. The average molecular weight is 436 g/mol. The number of nitrogens with one attached hydrogen (secondary N) is 1. The molecule has 1 saturated heterocycles. The molecule has 0 aliphatic carbocycles. The van der Waals surface area contributed by atoms with E-state index in [1.807, 2.05) is 0 Å². The van der Waals surface area contributed by atoms with E-state index in [9.17, 15) is 9.59 Å². The third kappa shape index (κ3) is 4.51. The summed E-state index contributed by atoms with van der Waals surface area (Å²) in [5.41, 5.74) is 2.45. The van der Waals surface area contributed by atoms with Crippen LogP contribution < -0.4 is 14.8 Å². The van der Waals surface area contributed by atoms with Gasteiger partial charge in [0.05, 0.1) is 25.5 Å². The fourth-order valence-corrected chi connectivity index (χ4v) is 5.01. The Morgan fingerprint density at radius 1 is 1.31 bits per heavy atom. The van der Waals surface area contributed by atoms with E-state index in [2.05, 4.69) is 29.3 Å². The van der Waals surface area contributed by atoms with Crippen LogP contribution in [0.3, 0.4) is 0 Å². The van der Waals surface area contributed by atoms with Crippen LogP contribution in [0.5, 0.6) is 11.5 Å². The lowest BCUT2D eigenvalue weighted by atomic mass is 9.93. The number of hydrogen-bond acceptors (Lipinski definition) is 7. The summed E-state index contributed by atoms with van der Waals surface area (Å²) in [6, 6.07) is 4.28. The molecule has 1 aromatic rings. The normalized spacial score (nSPS) is 21.7. The molecule has 156 valence electrons. The number of thiocarbonyl (C=S) groups is 1. The van der Waals surface area contributed by atoms with Crippen LogP contribution in [0.1, 0.15) is 30.5 Å². The quantitative estimate of drug-likeness (QED) is 0.707. The fraction of sp³-hybridized carbons (Fsp3) is 0.550. The number of amides is 2. The molecule has 0 unspecified atom stereocenters. The van der Waals surface area contributed by atoms with Crippen molar-refractivity contribution in [1.29, 1.82) is 0 Å². The van der Waals surface area contributed by atoms with Gasteiger partial charge in [0.15, 0.2) is 11.5 Å². The molecule has 1 fully saturated rings. The first-order valence-corrected chi connectivity index (χ1v) is 11.3. The zero-order chi connectivity index (χ0) is 20.4. The van der Waals surface area contributed by atoms with Gasteiger partial charge >= 0.3 is 0 Å². The molecule has 4 rings (SSSR count). The van der Waals surface area contributed by atoms with Crippen LogP contribution in [0.2, 0.25) is 0 Å². The number of thioether (sulfide) groups is 1. The van der Waals surface area contributed by atoms with Crippen molar-refractivity contribution < 1.29 is 19.1 Å². The first-order chi connectivity index (χ1) is 14.0. The summed E-state index contributed by atoms with van der Waals surface area (Å²) in [6.45, 7) is 5.43. The van der Waals surface area contributed by atoms with E-state index in [1.165, 1.54) is 22.9 Å². The molecular weight excluding hydrogens is 410 g/mol. The lowest BCUT2D eigenvalue weighted by Crippen LogP contribution is -2.44. The van der Waals surface area contributed by atoms with Gasteiger partial charge in [-0.05, 0) is 36.6 Å². The van der Waals surface area contributed by atoms with E-state index in [1.54, 1.807) is 4.90 Å². The molecule has 1 aromatic carbocycles. The number of hydrogen-bond donors (Lipinski definition) is 1. The fourth-order valence-electron chi connectivity index (χ4n) is 3.89. The van der Waals surface area contributed by atoms with E-state index in [4.69, 9.17) is 21.7 Å². The van der Waals surface area contributed by atoms with Crippen LogP contribution in [0.4, 0.5) is 0 Å². The predicted octanol–water partition coefficient (Wildman–Crippen LogP) is 1.74. The van der Waals surface area contributed by atoms with Crippen LogP contribution >= 0.6 is 24.0 Å². The van der Waals surface area contributed by atoms with Crippen LogP contribution in [0, 0.1) is 0 Å². The SMILES string of the molecule is C[C@H]1c2cc3c(cc2CCN1CC(=O)NCCN1C(=O)CSC1=S)OCCCO3. The number of carbonyl (C=O) groups is 2. The van der Waals surface area contributed by atoms with Gasteiger partial charge in [0.25, 0.3) is 0 Å². The number of ether oxygens (including phenoxy) is 2. The maximum Gasteiger partial charge on any atom is 0.238 e. The summed E-state index contributed by atoms with van der Waals surface area (Å²) in [4.78, 5) is 27.9. The Bertz CT molecular complexity index is 816. The lowest BCUT2D eigenvalue weighted by molar-refractivity contribution is -0.125. The Kier molecular flexibility index (Phi) is 6.26. The van der Waals surface area contributed by atoms with Gasteiger partial charge in [0.1, 0.15) is 4.32 Å². The van der Waals surface area contributed by atoms with E-state index >= 15 is 0 Å². The zero-order valence-corrected chi connectivity index (χ0v) is 18.1. The smallest absolute Gasteiger partial charge is 0.238 e. The lowest BCUT2D eigenvalue weighted by Gasteiger charge is -2.35. The molecule has 7 nitrogen and oxygen atoms in total. The van der Waals surface area contributed by atoms with Crippen LogP contribution in [0.15, 0.2) is 12.1 Å².